The predicted octanol–water partition coefficient (Wildman–Crippen LogP) is 3.37. The molecule has 1 heterocycles. The molecule has 0 unspecified atom stereocenters. The lowest BCUT2D eigenvalue weighted by Crippen LogP contribution is -2.38. The van der Waals surface area contributed by atoms with Crippen molar-refractivity contribution in [3.05, 3.63) is 60.2 Å². The van der Waals surface area contributed by atoms with Gasteiger partial charge in [-0.15, -0.1) is 0 Å². The summed E-state index contributed by atoms with van der Waals surface area (Å²) in [5.41, 5.74) is 0.912. The van der Waals surface area contributed by atoms with Crippen LogP contribution < -0.4 is 0 Å². The first-order valence-corrected chi connectivity index (χ1v) is 8.82. The number of carbonyl (C=O) groups is 2. The van der Waals surface area contributed by atoms with Gasteiger partial charge in [0.15, 0.2) is 0 Å². The van der Waals surface area contributed by atoms with Crippen molar-refractivity contribution in [2.45, 2.75) is 12.8 Å². The van der Waals surface area contributed by atoms with E-state index in [-0.39, 0.29) is 35.5 Å². The van der Waals surface area contributed by atoms with E-state index in [9.17, 15) is 9.59 Å². The van der Waals surface area contributed by atoms with E-state index in [2.05, 4.69) is 17.3 Å². The van der Waals surface area contributed by atoms with Crippen molar-refractivity contribution >= 4 is 28.8 Å². The first-order valence-electron chi connectivity index (χ1n) is 8.82. The third-order valence-corrected chi connectivity index (χ3v) is 5.87. The van der Waals surface area contributed by atoms with Crippen molar-refractivity contribution < 1.29 is 9.59 Å². The molecular weight excluding hydrogens is 312 g/mol. The van der Waals surface area contributed by atoms with Crippen LogP contribution in [-0.2, 0) is 9.59 Å². The number of hydrazone groups is 1. The largest absolute Gasteiger partial charge is 0.272 e. The van der Waals surface area contributed by atoms with E-state index >= 15 is 0 Å². The molecule has 4 nitrogen and oxygen atoms in total. The SMILES string of the molecule is O=C1[C@@H]2[C@H](C(=O)N1/N=C\c1cccc3ccccc13)[C@H]1C=C[C@H]2CC1. The summed E-state index contributed by atoms with van der Waals surface area (Å²) in [6.45, 7) is 0. The zero-order valence-corrected chi connectivity index (χ0v) is 13.7. The molecule has 2 bridgehead atoms. The van der Waals surface area contributed by atoms with Crippen LogP contribution in [0.1, 0.15) is 18.4 Å². The average molecular weight is 330 g/mol. The fraction of sp³-hybridized carbons (Fsp3) is 0.286. The number of carbonyl (C=O) groups excluding carboxylic acids is 2. The highest BCUT2D eigenvalue weighted by atomic mass is 16.2. The molecule has 0 radical (unpaired) electrons. The monoisotopic (exact) mass is 330 g/mol. The molecule has 2 aromatic rings. The molecule has 124 valence electrons. The van der Waals surface area contributed by atoms with Gasteiger partial charge < -0.3 is 0 Å². The second-order valence-electron chi connectivity index (χ2n) is 7.14. The van der Waals surface area contributed by atoms with Crippen molar-refractivity contribution in [1.82, 2.24) is 5.01 Å². The quantitative estimate of drug-likeness (QED) is 0.481. The van der Waals surface area contributed by atoms with Crippen LogP contribution in [0.15, 0.2) is 59.7 Å². The molecule has 6 rings (SSSR count). The second kappa shape index (κ2) is 5.38. The smallest absolute Gasteiger partial charge is 0.254 e. The number of hydrogen-bond donors (Lipinski definition) is 0. The maximum Gasteiger partial charge on any atom is 0.254 e. The van der Waals surface area contributed by atoms with Crippen LogP contribution in [-0.4, -0.2) is 23.0 Å². The van der Waals surface area contributed by atoms with E-state index < -0.39 is 0 Å². The van der Waals surface area contributed by atoms with E-state index in [0.717, 1.165) is 34.2 Å². The molecule has 0 spiro atoms. The highest BCUT2D eigenvalue weighted by Crippen LogP contribution is 2.49. The number of imide groups is 1. The summed E-state index contributed by atoms with van der Waals surface area (Å²) in [5.74, 6) is -0.286. The van der Waals surface area contributed by atoms with Crippen LogP contribution in [0.4, 0.5) is 0 Å². The Morgan fingerprint density at radius 1 is 0.880 bits per heavy atom. The lowest BCUT2D eigenvalue weighted by Gasteiger charge is -2.37. The van der Waals surface area contributed by atoms with Crippen molar-refractivity contribution in [2.75, 3.05) is 0 Å². The van der Waals surface area contributed by atoms with E-state index in [4.69, 9.17) is 0 Å². The van der Waals surface area contributed by atoms with Crippen LogP contribution in [0.25, 0.3) is 10.8 Å². The minimum absolute atomic E-state index is 0.134. The molecule has 0 N–H and O–H groups in total. The first kappa shape index (κ1) is 14.6. The van der Waals surface area contributed by atoms with Crippen LogP contribution in [0.2, 0.25) is 0 Å². The van der Waals surface area contributed by atoms with Gasteiger partial charge in [0.2, 0.25) is 0 Å². The Labute approximate surface area is 145 Å². The summed E-state index contributed by atoms with van der Waals surface area (Å²) in [7, 11) is 0. The number of allylic oxidation sites excluding steroid dienone is 2. The van der Waals surface area contributed by atoms with Gasteiger partial charge in [0.1, 0.15) is 0 Å². The van der Waals surface area contributed by atoms with E-state index in [1.54, 1.807) is 6.21 Å². The molecule has 25 heavy (non-hydrogen) atoms. The Balaban J connectivity index is 1.49. The van der Waals surface area contributed by atoms with Crippen molar-refractivity contribution in [3.63, 3.8) is 0 Å². The topological polar surface area (TPSA) is 49.7 Å². The number of fused-ring (bicyclic) bond motifs is 2. The Bertz CT molecular complexity index is 909. The van der Waals surface area contributed by atoms with Crippen molar-refractivity contribution in [1.29, 1.82) is 0 Å². The van der Waals surface area contributed by atoms with Crippen molar-refractivity contribution in [2.24, 2.45) is 28.8 Å². The summed E-state index contributed by atoms with van der Waals surface area (Å²) >= 11 is 0. The molecule has 2 amide bonds. The molecule has 1 aliphatic heterocycles. The number of hydrogen-bond acceptors (Lipinski definition) is 3. The van der Waals surface area contributed by atoms with Crippen LogP contribution >= 0.6 is 0 Å². The van der Waals surface area contributed by atoms with Crippen LogP contribution in [0.5, 0.6) is 0 Å². The molecule has 2 fully saturated rings. The van der Waals surface area contributed by atoms with Gasteiger partial charge in [0.25, 0.3) is 11.8 Å². The minimum atomic E-state index is -0.207. The Hall–Kier alpha value is -2.75. The summed E-state index contributed by atoms with van der Waals surface area (Å²) in [4.78, 5) is 25.6. The third-order valence-electron chi connectivity index (χ3n) is 5.87. The summed E-state index contributed by atoms with van der Waals surface area (Å²) in [6.07, 6.45) is 7.89. The third kappa shape index (κ3) is 2.10. The lowest BCUT2D eigenvalue weighted by molar-refractivity contribution is -0.140. The van der Waals surface area contributed by atoms with E-state index in [0.29, 0.717) is 0 Å². The average Bonchev–Trinajstić information content (AvgIpc) is 2.94. The van der Waals surface area contributed by atoms with Crippen LogP contribution in [0.3, 0.4) is 0 Å². The van der Waals surface area contributed by atoms with Gasteiger partial charge in [0.05, 0.1) is 18.1 Å². The number of benzene rings is 2. The molecule has 4 heteroatoms. The highest BCUT2D eigenvalue weighted by Gasteiger charge is 2.56. The number of amides is 2. The van der Waals surface area contributed by atoms with Crippen molar-refractivity contribution in [3.8, 4) is 0 Å². The molecule has 3 aliphatic carbocycles. The van der Waals surface area contributed by atoms with E-state index in [1.807, 2.05) is 42.5 Å². The number of rotatable bonds is 2. The zero-order chi connectivity index (χ0) is 17.0. The van der Waals surface area contributed by atoms with E-state index in [1.165, 1.54) is 0 Å². The minimum Gasteiger partial charge on any atom is -0.272 e. The predicted molar refractivity (Wildman–Crippen MR) is 95.7 cm³/mol. The number of nitrogens with zero attached hydrogens (tertiary/aromatic N) is 2. The maximum absolute atomic E-state index is 12.8. The first-order chi connectivity index (χ1) is 12.2. The summed E-state index contributed by atoms with van der Waals surface area (Å²) in [5, 5.41) is 7.60. The molecule has 1 saturated heterocycles. The second-order valence-corrected chi connectivity index (χ2v) is 7.14. The fourth-order valence-electron chi connectivity index (χ4n) is 4.66. The van der Waals surface area contributed by atoms with Gasteiger partial charge in [-0.1, -0.05) is 54.6 Å². The van der Waals surface area contributed by atoms with Gasteiger partial charge >= 0.3 is 0 Å². The maximum atomic E-state index is 12.8. The normalized spacial score (nSPS) is 30.6. The lowest BCUT2D eigenvalue weighted by atomic mass is 9.63. The highest BCUT2D eigenvalue weighted by molar-refractivity contribution is 6.07. The molecule has 1 saturated carbocycles. The van der Waals surface area contributed by atoms with Gasteiger partial charge in [-0.3, -0.25) is 9.59 Å². The Kier molecular flexibility index (Phi) is 3.14. The fourth-order valence-corrected chi connectivity index (χ4v) is 4.66. The molecule has 4 aliphatic rings. The van der Waals surface area contributed by atoms with Gasteiger partial charge in [0, 0.05) is 5.56 Å². The van der Waals surface area contributed by atoms with Gasteiger partial charge in [-0.25, -0.2) is 0 Å². The van der Waals surface area contributed by atoms with Gasteiger partial charge in [-0.05, 0) is 35.4 Å². The Morgan fingerprint density at radius 3 is 2.20 bits per heavy atom. The standard InChI is InChI=1S/C21H18N2O2/c24-20-18-14-8-9-15(11-10-14)19(18)21(25)23(20)22-12-16-6-3-5-13-4-1-2-7-17(13)16/h1-9,12,14-15,18-19H,10-11H2/b22-12-/t14-,15-,18-,19+/m0/s1. The molecule has 0 aromatic heterocycles. The summed E-state index contributed by atoms with van der Waals surface area (Å²) < 4.78 is 0. The Morgan fingerprint density at radius 2 is 1.52 bits per heavy atom. The molecular formula is C21H18N2O2. The zero-order valence-electron chi connectivity index (χ0n) is 13.7. The molecule has 4 atom stereocenters. The summed E-state index contributed by atoms with van der Waals surface area (Å²) in [6, 6.07) is 14.0. The molecule has 2 aromatic carbocycles. The van der Waals surface area contributed by atoms with Crippen LogP contribution in [0, 0.1) is 23.7 Å². The van der Waals surface area contributed by atoms with Gasteiger partial charge in [-0.2, -0.15) is 10.1 Å².